The quantitative estimate of drug-likeness (QED) is 0.324. The van der Waals surface area contributed by atoms with Crippen molar-refractivity contribution in [2.24, 2.45) is 5.16 Å². The molecule has 0 aliphatic rings. The maximum Gasteiger partial charge on any atom is 0.361 e. The van der Waals surface area contributed by atoms with Gasteiger partial charge in [-0.15, -0.1) is 0 Å². The van der Waals surface area contributed by atoms with Crippen molar-refractivity contribution in [3.8, 4) is 11.3 Å². The van der Waals surface area contributed by atoms with Crippen LogP contribution in [-0.4, -0.2) is 32.4 Å². The first kappa shape index (κ1) is 18.6. The second kappa shape index (κ2) is 8.92. The van der Waals surface area contributed by atoms with Crippen LogP contribution < -0.4 is 5.69 Å². The summed E-state index contributed by atoms with van der Waals surface area (Å²) in [4.78, 5) is 25.0. The molecule has 2 aromatic carbocycles. The summed E-state index contributed by atoms with van der Waals surface area (Å²) < 4.78 is 25.3. The topological polar surface area (TPSA) is 108 Å². The van der Waals surface area contributed by atoms with Crippen LogP contribution in [0.4, 0.5) is 8.78 Å². The lowest BCUT2D eigenvalue weighted by Crippen LogP contribution is -2.11. The van der Waals surface area contributed by atoms with Gasteiger partial charge in [-0.3, -0.25) is 4.79 Å². The van der Waals surface area contributed by atoms with E-state index in [1.807, 2.05) is 0 Å². The van der Waals surface area contributed by atoms with Crippen molar-refractivity contribution in [3.05, 3.63) is 82.4 Å². The minimum absolute atomic E-state index is 0.160. The van der Waals surface area contributed by atoms with E-state index in [0.717, 1.165) is 12.3 Å². The van der Waals surface area contributed by atoms with Gasteiger partial charge in [0.05, 0.1) is 6.20 Å². The van der Waals surface area contributed by atoms with Gasteiger partial charge in [0, 0.05) is 11.1 Å². The number of rotatable bonds is 3. The number of carbonyl (C=O) groups excluding carboxylic acids is 1. The van der Waals surface area contributed by atoms with E-state index in [4.69, 9.17) is 5.21 Å². The number of benzene rings is 2. The molecular formula is C17H12F2N4O3. The van der Waals surface area contributed by atoms with E-state index in [2.05, 4.69) is 20.3 Å². The second-order valence-corrected chi connectivity index (χ2v) is 4.80. The lowest BCUT2D eigenvalue weighted by molar-refractivity contribution is 0.106. The highest BCUT2D eigenvalue weighted by molar-refractivity contribution is 6.35. The third-order valence-electron chi connectivity index (χ3n) is 2.98. The predicted molar refractivity (Wildman–Crippen MR) is 89.1 cm³/mol. The fraction of sp³-hybridized carbons (Fsp3) is 0. The van der Waals surface area contributed by atoms with Crippen molar-refractivity contribution in [1.29, 1.82) is 0 Å². The fourth-order valence-corrected chi connectivity index (χ4v) is 1.84. The minimum Gasteiger partial charge on any atom is -0.411 e. The molecule has 1 aromatic heterocycles. The molecule has 0 saturated carbocycles. The molecule has 3 aromatic rings. The number of carbonyl (C=O) groups is 1. The number of halogens is 2. The number of aromatic nitrogens is 3. The molecule has 0 atom stereocenters. The van der Waals surface area contributed by atoms with Crippen molar-refractivity contribution in [2.75, 3.05) is 0 Å². The number of nitrogens with one attached hydrogen (secondary N) is 1. The van der Waals surface area contributed by atoms with Crippen LogP contribution in [0.5, 0.6) is 0 Å². The average molecular weight is 358 g/mol. The number of aromatic amines is 1. The Kier molecular flexibility index (Phi) is 6.38. The zero-order valence-electron chi connectivity index (χ0n) is 13.1. The van der Waals surface area contributed by atoms with Gasteiger partial charge in [0.1, 0.15) is 23.5 Å². The van der Waals surface area contributed by atoms with Crippen LogP contribution in [0.25, 0.3) is 11.3 Å². The fourth-order valence-electron chi connectivity index (χ4n) is 1.84. The number of hydrogen-bond acceptors (Lipinski definition) is 6. The summed E-state index contributed by atoms with van der Waals surface area (Å²) in [6.07, 6.45) is 2.02. The van der Waals surface area contributed by atoms with Crippen molar-refractivity contribution < 1.29 is 18.8 Å². The molecule has 0 aliphatic carbocycles. The van der Waals surface area contributed by atoms with Crippen molar-refractivity contribution in [2.45, 2.75) is 0 Å². The third-order valence-corrected chi connectivity index (χ3v) is 2.98. The molecule has 1 heterocycles. The molecule has 0 spiro atoms. The standard InChI is InChI=1S/C9H6FN3O.C8H6FNO2/c10-7-3-1-2-6(4-7)8-5-11-9(14)13-12-8;9-7-3-1-2-6(4-7)8(11)5-10-12/h1-5H,(H,11,13,14);1-5,12H. The first-order chi connectivity index (χ1) is 12.5. The Hall–Kier alpha value is -3.75. The van der Waals surface area contributed by atoms with Crippen LogP contribution >= 0.6 is 0 Å². The molecule has 0 radical (unpaired) electrons. The second-order valence-electron chi connectivity index (χ2n) is 4.80. The summed E-state index contributed by atoms with van der Waals surface area (Å²) in [5, 5.41) is 16.5. The maximum atomic E-state index is 12.8. The molecule has 0 fully saturated rings. The number of oxime groups is 1. The lowest BCUT2D eigenvalue weighted by atomic mass is 10.1. The van der Waals surface area contributed by atoms with E-state index < -0.39 is 17.3 Å². The summed E-state index contributed by atoms with van der Waals surface area (Å²) in [5.74, 6) is -1.38. The first-order valence-corrected chi connectivity index (χ1v) is 7.14. The van der Waals surface area contributed by atoms with Gasteiger partial charge in [0.15, 0.2) is 0 Å². The van der Waals surface area contributed by atoms with Gasteiger partial charge in [-0.05, 0) is 24.3 Å². The van der Waals surface area contributed by atoms with Crippen LogP contribution in [0.2, 0.25) is 0 Å². The Labute approximate surface area is 145 Å². The molecule has 0 bridgehead atoms. The van der Waals surface area contributed by atoms with Crippen LogP contribution in [0, 0.1) is 11.6 Å². The summed E-state index contributed by atoms with van der Waals surface area (Å²) in [6.45, 7) is 0. The Balaban J connectivity index is 0.000000190. The van der Waals surface area contributed by atoms with Gasteiger partial charge in [-0.25, -0.2) is 18.7 Å². The van der Waals surface area contributed by atoms with Gasteiger partial charge in [0.2, 0.25) is 5.78 Å². The Morgan fingerprint density at radius 2 is 1.81 bits per heavy atom. The molecule has 9 heteroatoms. The Morgan fingerprint density at radius 1 is 1.12 bits per heavy atom. The molecule has 0 unspecified atom stereocenters. The monoisotopic (exact) mass is 358 g/mol. The van der Waals surface area contributed by atoms with E-state index in [0.29, 0.717) is 11.3 Å². The summed E-state index contributed by atoms with van der Waals surface area (Å²) >= 11 is 0. The predicted octanol–water partition coefficient (Wildman–Crippen LogP) is 2.44. The molecular weight excluding hydrogens is 346 g/mol. The van der Waals surface area contributed by atoms with Crippen LogP contribution in [0.1, 0.15) is 10.4 Å². The maximum absolute atomic E-state index is 12.8. The van der Waals surface area contributed by atoms with Gasteiger partial charge in [-0.1, -0.05) is 29.4 Å². The highest BCUT2D eigenvalue weighted by Gasteiger charge is 2.02. The van der Waals surface area contributed by atoms with E-state index in [1.54, 1.807) is 12.1 Å². The molecule has 26 heavy (non-hydrogen) atoms. The molecule has 132 valence electrons. The zero-order valence-corrected chi connectivity index (χ0v) is 13.1. The molecule has 2 N–H and O–H groups in total. The van der Waals surface area contributed by atoms with E-state index in [1.165, 1.54) is 36.5 Å². The van der Waals surface area contributed by atoms with Crippen LogP contribution in [0.15, 0.2) is 64.7 Å². The summed E-state index contributed by atoms with van der Waals surface area (Å²) in [7, 11) is 0. The number of Topliss-reactive ketones (excluding diaryl/α,β-unsaturated/α-hetero) is 1. The van der Waals surface area contributed by atoms with Crippen molar-refractivity contribution in [3.63, 3.8) is 0 Å². The van der Waals surface area contributed by atoms with E-state index in [9.17, 15) is 18.4 Å². The number of hydrogen-bond donors (Lipinski definition) is 2. The normalized spacial score (nSPS) is 10.2. The highest BCUT2D eigenvalue weighted by Crippen LogP contribution is 2.14. The summed E-state index contributed by atoms with van der Waals surface area (Å²) in [5.41, 5.74) is 0.649. The van der Waals surface area contributed by atoms with Crippen LogP contribution in [0.3, 0.4) is 0 Å². The Bertz CT molecular complexity index is 969. The average Bonchev–Trinajstić information content (AvgIpc) is 2.63. The highest BCUT2D eigenvalue weighted by atomic mass is 19.1. The zero-order chi connectivity index (χ0) is 18.9. The molecule has 3 rings (SSSR count). The SMILES string of the molecule is O=C(C=NO)c1cccc(F)c1.O=c1ncc(-c2cccc(F)c2)n[nH]1. The van der Waals surface area contributed by atoms with Gasteiger partial charge < -0.3 is 5.21 Å². The third kappa shape index (κ3) is 5.41. The molecule has 7 nitrogen and oxygen atoms in total. The number of H-pyrrole nitrogens is 1. The van der Waals surface area contributed by atoms with Gasteiger partial charge >= 0.3 is 5.69 Å². The van der Waals surface area contributed by atoms with E-state index >= 15 is 0 Å². The number of nitrogens with zero attached hydrogens (tertiary/aromatic N) is 3. The largest absolute Gasteiger partial charge is 0.411 e. The Morgan fingerprint density at radius 3 is 2.38 bits per heavy atom. The molecule has 0 aliphatic heterocycles. The smallest absolute Gasteiger partial charge is 0.361 e. The number of ketones is 1. The molecule has 0 saturated heterocycles. The van der Waals surface area contributed by atoms with E-state index in [-0.39, 0.29) is 11.4 Å². The molecule has 0 amide bonds. The van der Waals surface area contributed by atoms with Crippen LogP contribution in [-0.2, 0) is 0 Å². The lowest BCUT2D eigenvalue weighted by Gasteiger charge is -1.97. The van der Waals surface area contributed by atoms with Crippen molar-refractivity contribution in [1.82, 2.24) is 15.2 Å². The summed E-state index contributed by atoms with van der Waals surface area (Å²) in [6, 6.07) is 11.1. The minimum atomic E-state index is -0.531. The van der Waals surface area contributed by atoms with Gasteiger partial charge in [0.25, 0.3) is 0 Å². The first-order valence-electron chi connectivity index (χ1n) is 7.14. The van der Waals surface area contributed by atoms with Gasteiger partial charge in [-0.2, -0.15) is 10.1 Å². The van der Waals surface area contributed by atoms with Crippen molar-refractivity contribution >= 4 is 12.0 Å².